The molecule has 0 saturated heterocycles. The lowest BCUT2D eigenvalue weighted by molar-refractivity contribution is -0.130. The third-order valence-corrected chi connectivity index (χ3v) is 4.31. The van der Waals surface area contributed by atoms with Crippen molar-refractivity contribution in [3.05, 3.63) is 57.8 Å². The van der Waals surface area contributed by atoms with Crippen LogP contribution in [0.5, 0.6) is 0 Å². The number of ketones is 1. The maximum absolute atomic E-state index is 12.1. The first-order valence-corrected chi connectivity index (χ1v) is 7.66. The van der Waals surface area contributed by atoms with E-state index in [4.69, 9.17) is 4.74 Å². The highest BCUT2D eigenvalue weighted by atomic mass is 32.1. The minimum absolute atomic E-state index is 0.102. The Kier molecular flexibility index (Phi) is 4.02. The van der Waals surface area contributed by atoms with Crippen LogP contribution < -0.4 is 5.32 Å². The number of Topliss-reactive ketones (excluding diaryl/α,β-unsaturated/α-hetero) is 1. The molecule has 5 nitrogen and oxygen atoms in total. The Labute approximate surface area is 130 Å². The molecule has 0 saturated carbocycles. The van der Waals surface area contributed by atoms with Crippen molar-refractivity contribution in [3.63, 3.8) is 0 Å². The Bertz CT molecular complexity index is 724. The molecule has 0 bridgehead atoms. The molecule has 1 aromatic carbocycles. The minimum atomic E-state index is -0.890. The number of nitrogens with one attached hydrogen (secondary N) is 1. The van der Waals surface area contributed by atoms with Crippen LogP contribution in [0.2, 0.25) is 0 Å². The van der Waals surface area contributed by atoms with Crippen LogP contribution in [0.1, 0.15) is 25.6 Å². The summed E-state index contributed by atoms with van der Waals surface area (Å²) >= 11 is 1.32. The van der Waals surface area contributed by atoms with Crippen LogP contribution >= 0.6 is 11.3 Å². The minimum Gasteiger partial charge on any atom is -0.448 e. The second-order valence-corrected chi connectivity index (χ2v) is 5.82. The number of hydrogen-bond donors (Lipinski definition) is 1. The van der Waals surface area contributed by atoms with E-state index < -0.39 is 18.0 Å². The van der Waals surface area contributed by atoms with Gasteiger partial charge in [0.15, 0.2) is 11.9 Å². The molecule has 1 aromatic heterocycles. The Morgan fingerprint density at radius 2 is 2.05 bits per heavy atom. The molecule has 0 spiro atoms. The summed E-state index contributed by atoms with van der Waals surface area (Å²) in [6, 6.07) is 10.5. The fourth-order valence-corrected chi connectivity index (χ4v) is 2.95. The van der Waals surface area contributed by atoms with Crippen LogP contribution in [0.3, 0.4) is 0 Å². The topological polar surface area (TPSA) is 72.5 Å². The Morgan fingerprint density at radius 1 is 1.23 bits per heavy atom. The summed E-state index contributed by atoms with van der Waals surface area (Å²) in [4.78, 5) is 36.4. The summed E-state index contributed by atoms with van der Waals surface area (Å²) in [6.07, 6.45) is -0.570. The normalized spacial score (nSPS) is 16.5. The molecule has 0 fully saturated rings. The molecular formula is C16H13NO4S. The third-order valence-electron chi connectivity index (χ3n) is 3.40. The number of carbonyl (C=O) groups excluding carboxylic acids is 3. The molecule has 0 radical (unpaired) electrons. The van der Waals surface area contributed by atoms with Gasteiger partial charge in [-0.3, -0.25) is 9.59 Å². The van der Waals surface area contributed by atoms with Crippen molar-refractivity contribution >= 4 is 29.0 Å². The zero-order chi connectivity index (χ0) is 15.5. The van der Waals surface area contributed by atoms with Crippen molar-refractivity contribution in [1.29, 1.82) is 0 Å². The van der Waals surface area contributed by atoms with E-state index in [1.807, 2.05) is 6.07 Å². The van der Waals surface area contributed by atoms with Gasteiger partial charge in [-0.2, -0.15) is 0 Å². The highest BCUT2D eigenvalue weighted by Crippen LogP contribution is 2.20. The lowest BCUT2D eigenvalue weighted by Crippen LogP contribution is -2.43. The summed E-state index contributed by atoms with van der Waals surface area (Å²) in [7, 11) is 0. The number of amides is 1. The van der Waals surface area contributed by atoms with Crippen molar-refractivity contribution in [3.8, 4) is 0 Å². The van der Waals surface area contributed by atoms with Gasteiger partial charge < -0.3 is 10.1 Å². The van der Waals surface area contributed by atoms with E-state index >= 15 is 0 Å². The average molecular weight is 315 g/mol. The van der Waals surface area contributed by atoms with Gasteiger partial charge in [-0.15, -0.1) is 11.3 Å². The van der Waals surface area contributed by atoms with Crippen LogP contribution in [-0.2, 0) is 16.0 Å². The molecule has 1 atom stereocenters. The summed E-state index contributed by atoms with van der Waals surface area (Å²) in [6.45, 7) is -0.102. The van der Waals surface area contributed by atoms with Gasteiger partial charge in [0.2, 0.25) is 0 Å². The van der Waals surface area contributed by atoms with E-state index in [-0.39, 0.29) is 12.3 Å². The summed E-state index contributed by atoms with van der Waals surface area (Å²) in [5.41, 5.74) is 1.27. The lowest BCUT2D eigenvalue weighted by Gasteiger charge is -2.23. The molecule has 2 aromatic rings. The van der Waals surface area contributed by atoms with Gasteiger partial charge in [0.1, 0.15) is 0 Å². The molecule has 22 heavy (non-hydrogen) atoms. The van der Waals surface area contributed by atoms with Gasteiger partial charge in [-0.25, -0.2) is 4.79 Å². The quantitative estimate of drug-likeness (QED) is 0.690. The second-order valence-electron chi connectivity index (χ2n) is 4.87. The number of benzene rings is 1. The molecule has 3 rings (SSSR count). The van der Waals surface area contributed by atoms with E-state index in [0.29, 0.717) is 16.9 Å². The van der Waals surface area contributed by atoms with Gasteiger partial charge >= 0.3 is 5.97 Å². The van der Waals surface area contributed by atoms with Crippen LogP contribution in [0.15, 0.2) is 41.8 Å². The first kappa shape index (κ1) is 14.5. The highest BCUT2D eigenvalue weighted by Gasteiger charge is 2.31. The smallest absolute Gasteiger partial charge is 0.339 e. The third kappa shape index (κ3) is 2.92. The Balaban J connectivity index is 1.62. The van der Waals surface area contributed by atoms with Gasteiger partial charge in [0, 0.05) is 6.42 Å². The largest absolute Gasteiger partial charge is 0.448 e. The maximum Gasteiger partial charge on any atom is 0.339 e. The summed E-state index contributed by atoms with van der Waals surface area (Å²) in [5.74, 6) is -1.12. The Hall–Kier alpha value is -2.47. The molecule has 6 heteroatoms. The molecule has 1 unspecified atom stereocenters. The number of esters is 1. The average Bonchev–Trinajstić information content (AvgIpc) is 3.06. The molecular weight excluding hydrogens is 302 g/mol. The number of carbonyl (C=O) groups is 3. The zero-order valence-corrected chi connectivity index (χ0v) is 12.4. The van der Waals surface area contributed by atoms with Crippen LogP contribution in [-0.4, -0.2) is 30.3 Å². The van der Waals surface area contributed by atoms with E-state index in [1.165, 1.54) is 11.3 Å². The van der Waals surface area contributed by atoms with E-state index in [0.717, 1.165) is 5.56 Å². The van der Waals surface area contributed by atoms with Gasteiger partial charge in [0.05, 0.1) is 17.0 Å². The van der Waals surface area contributed by atoms with Crippen LogP contribution in [0, 0.1) is 0 Å². The molecule has 1 aliphatic heterocycles. The van der Waals surface area contributed by atoms with Crippen molar-refractivity contribution < 1.29 is 19.1 Å². The SMILES string of the molecule is O=C(CNC(=O)C1Cc2ccccc2C(=O)O1)c1cccs1. The van der Waals surface area contributed by atoms with Crippen molar-refractivity contribution in [2.24, 2.45) is 0 Å². The molecule has 1 N–H and O–H groups in total. The highest BCUT2D eigenvalue weighted by molar-refractivity contribution is 7.12. The van der Waals surface area contributed by atoms with Crippen molar-refractivity contribution in [2.45, 2.75) is 12.5 Å². The molecule has 1 aliphatic rings. The van der Waals surface area contributed by atoms with E-state index in [1.54, 1.807) is 35.7 Å². The van der Waals surface area contributed by atoms with Crippen molar-refractivity contribution in [2.75, 3.05) is 6.54 Å². The molecule has 112 valence electrons. The number of cyclic esters (lactones) is 1. The van der Waals surface area contributed by atoms with Gasteiger partial charge in [-0.1, -0.05) is 24.3 Å². The number of rotatable bonds is 4. The Morgan fingerprint density at radius 3 is 2.82 bits per heavy atom. The van der Waals surface area contributed by atoms with Gasteiger partial charge in [0.25, 0.3) is 5.91 Å². The first-order valence-electron chi connectivity index (χ1n) is 6.78. The van der Waals surface area contributed by atoms with E-state index in [9.17, 15) is 14.4 Å². The fourth-order valence-electron chi connectivity index (χ4n) is 2.28. The molecule has 0 aliphatic carbocycles. The number of thiophene rings is 1. The molecule has 1 amide bonds. The molecule has 2 heterocycles. The first-order chi connectivity index (χ1) is 10.6. The predicted molar refractivity (Wildman–Crippen MR) is 81.0 cm³/mol. The van der Waals surface area contributed by atoms with E-state index in [2.05, 4.69) is 5.32 Å². The van der Waals surface area contributed by atoms with Gasteiger partial charge in [-0.05, 0) is 23.1 Å². The fraction of sp³-hybridized carbons (Fsp3) is 0.188. The number of ether oxygens (including phenoxy) is 1. The zero-order valence-electron chi connectivity index (χ0n) is 11.6. The number of hydrogen-bond acceptors (Lipinski definition) is 5. The summed E-state index contributed by atoms with van der Waals surface area (Å²) in [5, 5.41) is 4.33. The van der Waals surface area contributed by atoms with Crippen LogP contribution in [0.4, 0.5) is 0 Å². The standard InChI is InChI=1S/C16H13NO4S/c18-12(14-6-3-7-22-14)9-17-15(19)13-8-10-4-1-2-5-11(10)16(20)21-13/h1-7,13H,8-9H2,(H,17,19). The summed E-state index contributed by atoms with van der Waals surface area (Å²) < 4.78 is 5.14. The monoisotopic (exact) mass is 315 g/mol. The predicted octanol–water partition coefficient (Wildman–Crippen LogP) is 1.83. The van der Waals surface area contributed by atoms with Crippen LogP contribution in [0.25, 0.3) is 0 Å². The second kappa shape index (κ2) is 6.11. The number of fused-ring (bicyclic) bond motifs is 1. The lowest BCUT2D eigenvalue weighted by atomic mass is 9.98. The maximum atomic E-state index is 12.1. The van der Waals surface area contributed by atoms with Crippen molar-refractivity contribution in [1.82, 2.24) is 5.32 Å².